The second-order valence-electron chi connectivity index (χ2n) is 6.12. The molecule has 0 saturated carbocycles. The second-order valence-corrected chi connectivity index (χ2v) is 6.12. The van der Waals surface area contributed by atoms with Crippen molar-refractivity contribution >= 4 is 11.0 Å². The molecule has 0 atom stereocenters. The van der Waals surface area contributed by atoms with Crippen LogP contribution in [-0.4, -0.2) is 24.5 Å². The van der Waals surface area contributed by atoms with Crippen LogP contribution in [0.4, 0.5) is 0 Å². The molecule has 0 radical (unpaired) electrons. The van der Waals surface area contributed by atoms with E-state index in [1.165, 1.54) is 11.1 Å². The molecule has 0 N–H and O–H groups in total. The molecule has 110 valence electrons. The molecule has 0 bridgehead atoms. The largest absolute Gasteiger partial charge is 0.324 e. The number of fused-ring (bicyclic) bond motifs is 1. The molecule has 5 heteroatoms. The Hall–Kier alpha value is -2.17. The highest BCUT2D eigenvalue weighted by molar-refractivity contribution is 5.77. The van der Waals surface area contributed by atoms with Gasteiger partial charge < -0.3 is 4.57 Å². The van der Waals surface area contributed by atoms with Crippen LogP contribution in [-0.2, 0) is 13.1 Å². The number of hydrogen-bond acceptors (Lipinski definition) is 3. The minimum atomic E-state index is 0.569. The predicted octanol–water partition coefficient (Wildman–Crippen LogP) is 2.95. The summed E-state index contributed by atoms with van der Waals surface area (Å²) in [5, 5.41) is 8.44. The van der Waals surface area contributed by atoms with Gasteiger partial charge in [-0.05, 0) is 43.0 Å². The van der Waals surface area contributed by atoms with Crippen LogP contribution in [0.2, 0.25) is 0 Å². The lowest BCUT2D eigenvalue weighted by atomic mass is 10.1. The summed E-state index contributed by atoms with van der Waals surface area (Å²) in [4.78, 5) is 4.48. The van der Waals surface area contributed by atoms with Crippen molar-refractivity contribution < 1.29 is 0 Å². The van der Waals surface area contributed by atoms with Gasteiger partial charge in [0.05, 0.1) is 30.1 Å². The van der Waals surface area contributed by atoms with E-state index in [1.807, 2.05) is 17.2 Å². The van der Waals surface area contributed by atoms with Crippen LogP contribution in [0, 0.1) is 19.8 Å². The fourth-order valence-corrected chi connectivity index (χ4v) is 2.49. The molecule has 21 heavy (non-hydrogen) atoms. The molecule has 0 aliphatic carbocycles. The van der Waals surface area contributed by atoms with E-state index in [0.29, 0.717) is 12.5 Å². The van der Waals surface area contributed by atoms with E-state index in [9.17, 15) is 0 Å². The van der Waals surface area contributed by atoms with E-state index in [1.54, 1.807) is 0 Å². The monoisotopic (exact) mass is 283 g/mol. The van der Waals surface area contributed by atoms with Crippen LogP contribution >= 0.6 is 0 Å². The first kappa shape index (κ1) is 13.8. The molecule has 0 spiro atoms. The Morgan fingerprint density at radius 3 is 2.67 bits per heavy atom. The Kier molecular flexibility index (Phi) is 3.49. The Morgan fingerprint density at radius 1 is 1.14 bits per heavy atom. The van der Waals surface area contributed by atoms with E-state index in [0.717, 1.165) is 23.3 Å². The van der Waals surface area contributed by atoms with Crippen LogP contribution in [0.15, 0.2) is 24.7 Å². The number of imidazole rings is 1. The van der Waals surface area contributed by atoms with E-state index in [2.05, 4.69) is 59.7 Å². The molecule has 0 aliphatic heterocycles. The number of hydrogen-bond donors (Lipinski definition) is 0. The van der Waals surface area contributed by atoms with Crippen LogP contribution in [0.3, 0.4) is 0 Å². The van der Waals surface area contributed by atoms with Crippen LogP contribution in [0.25, 0.3) is 11.0 Å². The van der Waals surface area contributed by atoms with Crippen molar-refractivity contribution in [3.05, 3.63) is 41.5 Å². The maximum Gasteiger partial charge on any atom is 0.102 e. The van der Waals surface area contributed by atoms with Gasteiger partial charge in [0, 0.05) is 6.54 Å². The van der Waals surface area contributed by atoms with Crippen LogP contribution < -0.4 is 0 Å². The Labute approximate surface area is 124 Å². The molecule has 1 aromatic carbocycles. The quantitative estimate of drug-likeness (QED) is 0.739. The van der Waals surface area contributed by atoms with Gasteiger partial charge in [-0.25, -0.2) is 4.98 Å². The van der Waals surface area contributed by atoms with Crippen molar-refractivity contribution in [2.24, 2.45) is 5.92 Å². The Bertz CT molecular complexity index is 766. The standard InChI is InChI=1S/C16H21N5/c1-11(2)7-21-9-14(18-19-21)8-20-10-17-15-5-12(3)13(4)6-16(15)20/h5-6,9-11H,7-8H2,1-4H3. The van der Waals surface area contributed by atoms with Gasteiger partial charge in [0.15, 0.2) is 0 Å². The summed E-state index contributed by atoms with van der Waals surface area (Å²) < 4.78 is 4.04. The zero-order chi connectivity index (χ0) is 15.0. The second kappa shape index (κ2) is 5.31. The molecule has 0 fully saturated rings. The molecule has 0 unspecified atom stereocenters. The molecule has 5 nitrogen and oxygen atoms in total. The Morgan fingerprint density at radius 2 is 1.90 bits per heavy atom. The third-order valence-electron chi connectivity index (χ3n) is 3.71. The molecule has 2 aromatic heterocycles. The minimum absolute atomic E-state index is 0.569. The van der Waals surface area contributed by atoms with Gasteiger partial charge >= 0.3 is 0 Å². The minimum Gasteiger partial charge on any atom is -0.324 e. The van der Waals surface area contributed by atoms with E-state index in [4.69, 9.17) is 0 Å². The molecule has 2 heterocycles. The summed E-state index contributed by atoms with van der Waals surface area (Å²) in [7, 11) is 0. The third kappa shape index (κ3) is 2.82. The number of nitrogens with zero attached hydrogens (tertiary/aromatic N) is 5. The molecular weight excluding hydrogens is 262 g/mol. The molecular formula is C16H21N5. The summed E-state index contributed by atoms with van der Waals surface area (Å²) in [6.45, 7) is 10.2. The fourth-order valence-electron chi connectivity index (χ4n) is 2.49. The lowest BCUT2D eigenvalue weighted by Gasteiger charge is -2.04. The van der Waals surface area contributed by atoms with E-state index >= 15 is 0 Å². The molecule has 3 aromatic rings. The van der Waals surface area contributed by atoms with E-state index in [-0.39, 0.29) is 0 Å². The van der Waals surface area contributed by atoms with Gasteiger partial charge in [0.1, 0.15) is 5.69 Å². The molecule has 3 rings (SSSR count). The number of aromatic nitrogens is 5. The van der Waals surface area contributed by atoms with Gasteiger partial charge in [-0.3, -0.25) is 4.68 Å². The number of benzene rings is 1. The maximum absolute atomic E-state index is 4.48. The van der Waals surface area contributed by atoms with Crippen molar-refractivity contribution in [2.75, 3.05) is 0 Å². The average molecular weight is 283 g/mol. The first-order valence-electron chi connectivity index (χ1n) is 7.34. The number of rotatable bonds is 4. The van der Waals surface area contributed by atoms with E-state index < -0.39 is 0 Å². The van der Waals surface area contributed by atoms with Crippen LogP contribution in [0.1, 0.15) is 30.7 Å². The first-order valence-corrected chi connectivity index (χ1v) is 7.34. The highest BCUT2D eigenvalue weighted by atomic mass is 15.4. The molecule has 0 saturated heterocycles. The summed E-state index contributed by atoms with van der Waals surface area (Å²) in [5.74, 6) is 0.569. The van der Waals surface area contributed by atoms with Gasteiger partial charge in [-0.2, -0.15) is 0 Å². The summed E-state index contributed by atoms with van der Waals surface area (Å²) in [5.41, 5.74) is 5.71. The van der Waals surface area contributed by atoms with Crippen molar-refractivity contribution in [3.63, 3.8) is 0 Å². The number of aryl methyl sites for hydroxylation is 2. The normalized spacial score (nSPS) is 11.7. The van der Waals surface area contributed by atoms with Crippen LogP contribution in [0.5, 0.6) is 0 Å². The predicted molar refractivity (Wildman–Crippen MR) is 83.2 cm³/mol. The first-order chi connectivity index (χ1) is 10.0. The molecule has 0 amide bonds. The van der Waals surface area contributed by atoms with Crippen molar-refractivity contribution in [2.45, 2.75) is 40.8 Å². The fraction of sp³-hybridized carbons (Fsp3) is 0.438. The van der Waals surface area contributed by atoms with Gasteiger partial charge in [-0.15, -0.1) is 5.10 Å². The molecule has 0 aliphatic rings. The van der Waals surface area contributed by atoms with Gasteiger partial charge in [-0.1, -0.05) is 19.1 Å². The highest BCUT2D eigenvalue weighted by Gasteiger charge is 2.08. The van der Waals surface area contributed by atoms with Crippen molar-refractivity contribution in [1.29, 1.82) is 0 Å². The zero-order valence-electron chi connectivity index (χ0n) is 13.0. The highest BCUT2D eigenvalue weighted by Crippen LogP contribution is 2.19. The Balaban J connectivity index is 1.88. The maximum atomic E-state index is 4.48. The topological polar surface area (TPSA) is 48.5 Å². The summed E-state index contributed by atoms with van der Waals surface area (Å²) in [6, 6.07) is 4.33. The van der Waals surface area contributed by atoms with Crippen molar-refractivity contribution in [1.82, 2.24) is 24.5 Å². The summed E-state index contributed by atoms with van der Waals surface area (Å²) >= 11 is 0. The summed E-state index contributed by atoms with van der Waals surface area (Å²) in [6.07, 6.45) is 3.90. The third-order valence-corrected chi connectivity index (χ3v) is 3.71. The van der Waals surface area contributed by atoms with Gasteiger partial charge in [0.2, 0.25) is 0 Å². The zero-order valence-corrected chi connectivity index (χ0v) is 13.0. The SMILES string of the molecule is Cc1cc2ncn(Cc3cn(CC(C)C)nn3)c2cc1C. The van der Waals surface area contributed by atoms with Gasteiger partial charge in [0.25, 0.3) is 0 Å². The lowest BCUT2D eigenvalue weighted by Crippen LogP contribution is -2.04. The van der Waals surface area contributed by atoms with Crippen molar-refractivity contribution in [3.8, 4) is 0 Å². The lowest BCUT2D eigenvalue weighted by molar-refractivity contribution is 0.472. The smallest absolute Gasteiger partial charge is 0.102 e. The average Bonchev–Trinajstić information content (AvgIpc) is 2.99.